The largest absolute Gasteiger partial charge is 0.481 e. The average molecular weight is 278 g/mol. The van der Waals surface area contributed by atoms with Gasteiger partial charge in [0.1, 0.15) is 0 Å². The Morgan fingerprint density at radius 2 is 1.85 bits per heavy atom. The van der Waals surface area contributed by atoms with Crippen molar-refractivity contribution in [3.63, 3.8) is 0 Å². The molecule has 0 heterocycles. The fraction of sp³-hybridized carbons (Fsp3) is 0.467. The van der Waals surface area contributed by atoms with E-state index in [1.165, 1.54) is 0 Å². The molecule has 0 fully saturated rings. The van der Waals surface area contributed by atoms with Crippen molar-refractivity contribution in [3.05, 3.63) is 29.8 Å². The van der Waals surface area contributed by atoms with Crippen LogP contribution in [0.15, 0.2) is 24.3 Å². The van der Waals surface area contributed by atoms with Crippen molar-refractivity contribution < 1.29 is 14.7 Å². The van der Waals surface area contributed by atoms with Gasteiger partial charge < -0.3 is 16.2 Å². The van der Waals surface area contributed by atoms with E-state index >= 15 is 0 Å². The lowest BCUT2D eigenvalue weighted by Crippen LogP contribution is -2.19. The molecule has 0 radical (unpaired) electrons. The van der Waals surface area contributed by atoms with E-state index in [4.69, 9.17) is 10.8 Å². The average Bonchev–Trinajstić information content (AvgIpc) is 2.36. The van der Waals surface area contributed by atoms with Crippen LogP contribution in [-0.4, -0.2) is 23.0 Å². The maximum Gasteiger partial charge on any atom is 0.303 e. The van der Waals surface area contributed by atoms with E-state index in [1.807, 2.05) is 26.0 Å². The SMILES string of the molecule is CC(N)CCC(=O)Nc1ccc(C(C)CC(=O)O)cc1. The van der Waals surface area contributed by atoms with Crippen molar-refractivity contribution in [2.75, 3.05) is 5.32 Å². The van der Waals surface area contributed by atoms with Gasteiger partial charge in [-0.3, -0.25) is 9.59 Å². The zero-order valence-electron chi connectivity index (χ0n) is 11.9. The molecular formula is C15H22N2O3. The van der Waals surface area contributed by atoms with Gasteiger partial charge in [0.2, 0.25) is 5.91 Å². The number of hydrogen-bond donors (Lipinski definition) is 3. The number of carboxylic acids is 1. The Morgan fingerprint density at radius 3 is 2.35 bits per heavy atom. The zero-order chi connectivity index (χ0) is 15.1. The van der Waals surface area contributed by atoms with Gasteiger partial charge in [0.05, 0.1) is 6.42 Å². The Hall–Kier alpha value is -1.88. The number of nitrogens with two attached hydrogens (primary N) is 1. The predicted molar refractivity (Wildman–Crippen MR) is 78.6 cm³/mol. The Morgan fingerprint density at radius 1 is 1.25 bits per heavy atom. The monoisotopic (exact) mass is 278 g/mol. The third kappa shape index (κ3) is 5.84. The summed E-state index contributed by atoms with van der Waals surface area (Å²) >= 11 is 0. The minimum atomic E-state index is -0.814. The lowest BCUT2D eigenvalue weighted by molar-refractivity contribution is -0.137. The fourth-order valence-electron chi connectivity index (χ4n) is 1.86. The van der Waals surface area contributed by atoms with Crippen molar-refractivity contribution in [3.8, 4) is 0 Å². The number of carbonyl (C=O) groups is 2. The van der Waals surface area contributed by atoms with Crippen LogP contribution in [0, 0.1) is 0 Å². The Kier molecular flexibility index (Phi) is 6.18. The number of hydrogen-bond acceptors (Lipinski definition) is 3. The number of benzene rings is 1. The van der Waals surface area contributed by atoms with Gasteiger partial charge in [0.25, 0.3) is 0 Å². The first kappa shape index (κ1) is 16.2. The van der Waals surface area contributed by atoms with Gasteiger partial charge in [-0.2, -0.15) is 0 Å². The molecule has 0 aliphatic carbocycles. The summed E-state index contributed by atoms with van der Waals surface area (Å²) in [6.45, 7) is 3.73. The molecule has 1 aromatic carbocycles. The minimum absolute atomic E-state index is 0.0139. The number of rotatable bonds is 7. The molecule has 0 spiro atoms. The van der Waals surface area contributed by atoms with Crippen LogP contribution >= 0.6 is 0 Å². The normalized spacial score (nSPS) is 13.6. The highest BCUT2D eigenvalue weighted by molar-refractivity contribution is 5.90. The molecule has 5 heteroatoms. The minimum Gasteiger partial charge on any atom is -0.481 e. The van der Waals surface area contributed by atoms with Crippen LogP contribution in [0.5, 0.6) is 0 Å². The summed E-state index contributed by atoms with van der Waals surface area (Å²) < 4.78 is 0. The molecule has 1 aromatic rings. The second kappa shape index (κ2) is 7.65. The molecular weight excluding hydrogens is 256 g/mol. The molecule has 5 nitrogen and oxygen atoms in total. The van der Waals surface area contributed by atoms with Crippen molar-refractivity contribution >= 4 is 17.6 Å². The first-order valence-corrected chi connectivity index (χ1v) is 6.75. The number of nitrogens with one attached hydrogen (secondary N) is 1. The van der Waals surface area contributed by atoms with Crippen molar-refractivity contribution in [2.24, 2.45) is 5.73 Å². The Balaban J connectivity index is 2.54. The van der Waals surface area contributed by atoms with Crippen LogP contribution in [0.2, 0.25) is 0 Å². The summed E-state index contributed by atoms with van der Waals surface area (Å²) in [6.07, 6.45) is 1.15. The second-order valence-corrected chi connectivity index (χ2v) is 5.19. The van der Waals surface area contributed by atoms with Gasteiger partial charge in [0, 0.05) is 18.2 Å². The number of anilines is 1. The summed E-state index contributed by atoms with van der Waals surface area (Å²) in [4.78, 5) is 22.3. The highest BCUT2D eigenvalue weighted by atomic mass is 16.4. The van der Waals surface area contributed by atoms with Gasteiger partial charge in [-0.25, -0.2) is 0 Å². The molecule has 2 atom stereocenters. The van der Waals surface area contributed by atoms with Crippen molar-refractivity contribution in [1.82, 2.24) is 0 Å². The predicted octanol–water partition coefficient (Wildman–Crippen LogP) is 2.33. The lowest BCUT2D eigenvalue weighted by Gasteiger charge is -2.11. The van der Waals surface area contributed by atoms with E-state index in [0.29, 0.717) is 18.5 Å². The highest BCUT2D eigenvalue weighted by Gasteiger charge is 2.10. The summed E-state index contributed by atoms with van der Waals surface area (Å²) in [7, 11) is 0. The maximum absolute atomic E-state index is 11.6. The number of aliphatic carboxylic acids is 1. The molecule has 1 rings (SSSR count). The lowest BCUT2D eigenvalue weighted by atomic mass is 9.98. The van der Waals surface area contributed by atoms with Crippen LogP contribution in [0.4, 0.5) is 5.69 Å². The molecule has 0 saturated heterocycles. The highest BCUT2D eigenvalue weighted by Crippen LogP contribution is 2.21. The molecule has 0 aliphatic heterocycles. The van der Waals surface area contributed by atoms with Gasteiger partial charge in [0.15, 0.2) is 0 Å². The van der Waals surface area contributed by atoms with Crippen LogP contribution in [-0.2, 0) is 9.59 Å². The van der Waals surface area contributed by atoms with Crippen LogP contribution in [0.25, 0.3) is 0 Å². The quantitative estimate of drug-likeness (QED) is 0.713. The molecule has 2 unspecified atom stereocenters. The van der Waals surface area contributed by atoms with Gasteiger partial charge in [-0.05, 0) is 37.0 Å². The van der Waals surface area contributed by atoms with E-state index in [0.717, 1.165) is 5.56 Å². The molecule has 0 bridgehead atoms. The first-order valence-electron chi connectivity index (χ1n) is 6.75. The molecule has 0 aliphatic rings. The van der Waals surface area contributed by atoms with E-state index in [-0.39, 0.29) is 24.3 Å². The van der Waals surface area contributed by atoms with E-state index in [1.54, 1.807) is 12.1 Å². The smallest absolute Gasteiger partial charge is 0.303 e. The number of carbonyl (C=O) groups excluding carboxylic acids is 1. The molecule has 1 amide bonds. The van der Waals surface area contributed by atoms with Gasteiger partial charge in [-0.1, -0.05) is 19.1 Å². The van der Waals surface area contributed by atoms with Crippen LogP contribution < -0.4 is 11.1 Å². The zero-order valence-corrected chi connectivity index (χ0v) is 11.9. The third-order valence-corrected chi connectivity index (χ3v) is 3.07. The molecule has 0 saturated carbocycles. The Labute approximate surface area is 119 Å². The fourth-order valence-corrected chi connectivity index (χ4v) is 1.86. The van der Waals surface area contributed by atoms with Crippen molar-refractivity contribution in [2.45, 2.75) is 45.1 Å². The standard InChI is InChI=1S/C15H22N2O3/c1-10(9-15(19)20)12-4-6-13(7-5-12)17-14(18)8-3-11(2)16/h4-7,10-11H,3,8-9,16H2,1-2H3,(H,17,18)(H,19,20). The molecule has 20 heavy (non-hydrogen) atoms. The molecule has 0 aromatic heterocycles. The topological polar surface area (TPSA) is 92.4 Å². The Bertz CT molecular complexity index is 455. The van der Waals surface area contributed by atoms with Crippen LogP contribution in [0.3, 0.4) is 0 Å². The van der Waals surface area contributed by atoms with E-state index < -0.39 is 5.97 Å². The van der Waals surface area contributed by atoms with Crippen LogP contribution in [0.1, 0.15) is 44.6 Å². The van der Waals surface area contributed by atoms with E-state index in [9.17, 15) is 9.59 Å². The third-order valence-electron chi connectivity index (χ3n) is 3.07. The summed E-state index contributed by atoms with van der Waals surface area (Å²) in [6, 6.07) is 7.28. The number of carboxylic acid groups (broad SMARTS) is 1. The van der Waals surface area contributed by atoms with Gasteiger partial charge >= 0.3 is 5.97 Å². The van der Waals surface area contributed by atoms with Crippen molar-refractivity contribution in [1.29, 1.82) is 0 Å². The first-order chi connectivity index (χ1) is 9.38. The maximum atomic E-state index is 11.6. The van der Waals surface area contributed by atoms with Gasteiger partial charge in [-0.15, -0.1) is 0 Å². The molecule has 110 valence electrons. The number of amides is 1. The molecule has 4 N–H and O–H groups in total. The summed E-state index contributed by atoms with van der Waals surface area (Å²) in [5.41, 5.74) is 7.26. The van der Waals surface area contributed by atoms with E-state index in [2.05, 4.69) is 5.32 Å². The summed E-state index contributed by atoms with van der Waals surface area (Å²) in [5.74, 6) is -0.922. The summed E-state index contributed by atoms with van der Waals surface area (Å²) in [5, 5.41) is 11.5. The second-order valence-electron chi connectivity index (χ2n) is 5.19.